The predicted octanol–water partition coefficient (Wildman–Crippen LogP) is 4.08. The highest BCUT2D eigenvalue weighted by atomic mass is 32.2. The van der Waals surface area contributed by atoms with Crippen molar-refractivity contribution < 1.29 is 0 Å². The zero-order chi connectivity index (χ0) is 11.6. The maximum Gasteiger partial charge on any atom is 0.00675 e. The molecule has 1 saturated carbocycles. The highest BCUT2D eigenvalue weighted by Gasteiger charge is 2.16. The van der Waals surface area contributed by atoms with Crippen LogP contribution < -0.4 is 5.32 Å². The Labute approximate surface area is 106 Å². The van der Waals surface area contributed by atoms with E-state index in [4.69, 9.17) is 0 Å². The molecular weight excluding hydrogens is 214 g/mol. The van der Waals surface area contributed by atoms with Crippen molar-refractivity contribution in [2.24, 2.45) is 5.92 Å². The molecule has 96 valence electrons. The molecule has 0 aromatic carbocycles. The van der Waals surface area contributed by atoms with Gasteiger partial charge >= 0.3 is 0 Å². The van der Waals surface area contributed by atoms with Crippen LogP contribution in [0.1, 0.15) is 58.8 Å². The van der Waals surface area contributed by atoms with Crippen LogP contribution in [-0.2, 0) is 0 Å². The second-order valence-electron chi connectivity index (χ2n) is 5.23. The van der Waals surface area contributed by atoms with Crippen LogP contribution in [0.15, 0.2) is 0 Å². The van der Waals surface area contributed by atoms with Crippen LogP contribution in [0.25, 0.3) is 0 Å². The molecule has 0 heterocycles. The van der Waals surface area contributed by atoms with Crippen LogP contribution in [0.5, 0.6) is 0 Å². The molecule has 0 amide bonds. The molecule has 0 spiro atoms. The van der Waals surface area contributed by atoms with Gasteiger partial charge in [-0.2, -0.15) is 11.8 Å². The minimum atomic E-state index is 0.826. The van der Waals surface area contributed by atoms with Crippen LogP contribution in [0.3, 0.4) is 0 Å². The van der Waals surface area contributed by atoms with E-state index in [1.165, 1.54) is 63.0 Å². The van der Waals surface area contributed by atoms with Crippen molar-refractivity contribution in [2.75, 3.05) is 18.1 Å². The van der Waals surface area contributed by atoms with Crippen LogP contribution >= 0.6 is 11.8 Å². The summed E-state index contributed by atoms with van der Waals surface area (Å²) in [6.45, 7) is 5.88. The number of hydrogen-bond acceptors (Lipinski definition) is 2. The second kappa shape index (κ2) is 9.35. The third-order valence-electron chi connectivity index (χ3n) is 3.59. The molecule has 1 aliphatic rings. The van der Waals surface area contributed by atoms with Crippen molar-refractivity contribution in [1.29, 1.82) is 0 Å². The normalized spacial score (nSPS) is 25.9. The number of unbranched alkanes of at least 4 members (excludes halogenated alkanes) is 2. The summed E-state index contributed by atoms with van der Waals surface area (Å²) in [7, 11) is 0. The summed E-state index contributed by atoms with van der Waals surface area (Å²) >= 11 is 2.12. The summed E-state index contributed by atoms with van der Waals surface area (Å²) in [5, 5.41) is 3.71. The minimum absolute atomic E-state index is 0.826. The van der Waals surface area contributed by atoms with Gasteiger partial charge in [-0.15, -0.1) is 0 Å². The van der Waals surface area contributed by atoms with Gasteiger partial charge in [-0.1, -0.05) is 26.7 Å². The summed E-state index contributed by atoms with van der Waals surface area (Å²) in [6, 6.07) is 0.826. The number of hydrogen-bond donors (Lipinski definition) is 1. The van der Waals surface area contributed by atoms with E-state index in [0.717, 1.165) is 12.0 Å². The van der Waals surface area contributed by atoms with Gasteiger partial charge in [-0.05, 0) is 43.8 Å². The standard InChI is InChI=1S/C14H29NS/c1-3-4-5-11-16-12-10-15-14-8-6-13(2)7-9-14/h13-15H,3-12H2,1-2H3. The van der Waals surface area contributed by atoms with E-state index in [9.17, 15) is 0 Å². The average molecular weight is 243 g/mol. The average Bonchev–Trinajstić information content (AvgIpc) is 2.30. The van der Waals surface area contributed by atoms with Crippen molar-refractivity contribution in [3.8, 4) is 0 Å². The highest BCUT2D eigenvalue weighted by molar-refractivity contribution is 7.99. The lowest BCUT2D eigenvalue weighted by Crippen LogP contribution is -2.34. The molecule has 1 aliphatic carbocycles. The van der Waals surface area contributed by atoms with Gasteiger partial charge < -0.3 is 5.32 Å². The first-order valence-corrected chi connectivity index (χ1v) is 8.29. The third kappa shape index (κ3) is 6.80. The Bertz CT molecular complexity index is 153. The monoisotopic (exact) mass is 243 g/mol. The first-order chi connectivity index (χ1) is 7.83. The molecule has 0 aromatic rings. The first-order valence-electron chi connectivity index (χ1n) is 7.14. The van der Waals surface area contributed by atoms with Crippen LogP contribution in [-0.4, -0.2) is 24.1 Å². The maximum absolute atomic E-state index is 3.71. The second-order valence-corrected chi connectivity index (χ2v) is 6.46. The summed E-state index contributed by atoms with van der Waals surface area (Å²) in [6.07, 6.45) is 9.83. The predicted molar refractivity (Wildman–Crippen MR) is 76.3 cm³/mol. The number of nitrogens with one attached hydrogen (secondary N) is 1. The molecule has 0 unspecified atom stereocenters. The Balaban J connectivity index is 1.84. The fourth-order valence-electron chi connectivity index (χ4n) is 2.36. The SMILES string of the molecule is CCCCCSCCNC1CCC(C)CC1. The Hall–Kier alpha value is 0.310. The molecular formula is C14H29NS. The van der Waals surface area contributed by atoms with E-state index >= 15 is 0 Å². The Kier molecular flexibility index (Phi) is 8.40. The highest BCUT2D eigenvalue weighted by Crippen LogP contribution is 2.23. The molecule has 0 aromatic heterocycles. The summed E-state index contributed by atoms with van der Waals surface area (Å²) in [5.41, 5.74) is 0. The maximum atomic E-state index is 3.71. The van der Waals surface area contributed by atoms with Gasteiger partial charge in [-0.25, -0.2) is 0 Å². The smallest absolute Gasteiger partial charge is 0.00675 e. The van der Waals surface area contributed by atoms with Gasteiger partial charge in [-0.3, -0.25) is 0 Å². The molecule has 1 nitrogen and oxygen atoms in total. The Morgan fingerprint density at radius 3 is 2.50 bits per heavy atom. The summed E-state index contributed by atoms with van der Waals surface area (Å²) in [4.78, 5) is 0. The molecule has 0 bridgehead atoms. The lowest BCUT2D eigenvalue weighted by atomic mass is 9.87. The Morgan fingerprint density at radius 1 is 1.06 bits per heavy atom. The van der Waals surface area contributed by atoms with Gasteiger partial charge in [0.25, 0.3) is 0 Å². The molecule has 0 saturated heterocycles. The van der Waals surface area contributed by atoms with Gasteiger partial charge in [0.15, 0.2) is 0 Å². The van der Waals surface area contributed by atoms with Crippen molar-refractivity contribution >= 4 is 11.8 Å². The van der Waals surface area contributed by atoms with E-state index in [1.54, 1.807) is 0 Å². The van der Waals surface area contributed by atoms with Crippen molar-refractivity contribution in [3.05, 3.63) is 0 Å². The quantitative estimate of drug-likeness (QED) is 0.645. The number of rotatable bonds is 8. The van der Waals surface area contributed by atoms with Gasteiger partial charge in [0.05, 0.1) is 0 Å². The Morgan fingerprint density at radius 2 is 1.81 bits per heavy atom. The zero-order valence-electron chi connectivity index (χ0n) is 11.1. The largest absolute Gasteiger partial charge is 0.313 e. The van der Waals surface area contributed by atoms with Gasteiger partial charge in [0.1, 0.15) is 0 Å². The molecule has 2 heteroatoms. The van der Waals surface area contributed by atoms with Crippen molar-refractivity contribution in [1.82, 2.24) is 5.32 Å². The van der Waals surface area contributed by atoms with Gasteiger partial charge in [0, 0.05) is 18.3 Å². The fraction of sp³-hybridized carbons (Fsp3) is 1.00. The minimum Gasteiger partial charge on any atom is -0.313 e. The van der Waals surface area contributed by atoms with Crippen LogP contribution in [0.4, 0.5) is 0 Å². The summed E-state index contributed by atoms with van der Waals surface area (Å²) in [5.74, 6) is 3.63. The molecule has 1 rings (SSSR count). The van der Waals surface area contributed by atoms with Crippen molar-refractivity contribution in [3.63, 3.8) is 0 Å². The molecule has 0 atom stereocenters. The molecule has 1 fully saturated rings. The summed E-state index contributed by atoms with van der Waals surface area (Å²) < 4.78 is 0. The fourth-order valence-corrected chi connectivity index (χ4v) is 3.23. The first kappa shape index (κ1) is 14.4. The molecule has 0 radical (unpaired) electrons. The molecule has 0 aliphatic heterocycles. The zero-order valence-corrected chi connectivity index (χ0v) is 12.0. The van der Waals surface area contributed by atoms with Crippen molar-refractivity contribution in [2.45, 2.75) is 64.8 Å². The van der Waals surface area contributed by atoms with E-state index in [-0.39, 0.29) is 0 Å². The molecule has 1 N–H and O–H groups in total. The van der Waals surface area contributed by atoms with E-state index in [2.05, 4.69) is 30.9 Å². The van der Waals surface area contributed by atoms with Crippen LogP contribution in [0, 0.1) is 5.92 Å². The van der Waals surface area contributed by atoms with Crippen LogP contribution in [0.2, 0.25) is 0 Å². The van der Waals surface area contributed by atoms with E-state index in [0.29, 0.717) is 0 Å². The topological polar surface area (TPSA) is 12.0 Å². The third-order valence-corrected chi connectivity index (χ3v) is 4.66. The van der Waals surface area contributed by atoms with E-state index < -0.39 is 0 Å². The number of thioether (sulfide) groups is 1. The van der Waals surface area contributed by atoms with Gasteiger partial charge in [0.2, 0.25) is 0 Å². The lowest BCUT2D eigenvalue weighted by molar-refractivity contribution is 0.312. The van der Waals surface area contributed by atoms with E-state index in [1.807, 2.05) is 0 Å². The lowest BCUT2D eigenvalue weighted by Gasteiger charge is -2.26. The molecule has 16 heavy (non-hydrogen) atoms.